The second-order valence-electron chi connectivity index (χ2n) is 3.13. The lowest BCUT2D eigenvalue weighted by molar-refractivity contribution is 0.449. The van der Waals surface area contributed by atoms with Crippen molar-refractivity contribution >= 4 is 5.69 Å². The van der Waals surface area contributed by atoms with E-state index in [9.17, 15) is 4.39 Å². The van der Waals surface area contributed by atoms with Crippen LogP contribution >= 0.6 is 0 Å². The molecule has 3 heteroatoms. The molecular weight excluding hydrogens is 155 g/mol. The largest absolute Gasteiger partial charge is 0.398 e. The van der Waals surface area contributed by atoms with Crippen molar-refractivity contribution in [2.75, 3.05) is 18.8 Å². The molecule has 0 bridgehead atoms. The van der Waals surface area contributed by atoms with E-state index in [1.54, 1.807) is 6.07 Å². The van der Waals surface area contributed by atoms with E-state index in [0.29, 0.717) is 11.6 Å². The zero-order valence-corrected chi connectivity index (χ0v) is 6.68. The van der Waals surface area contributed by atoms with Crippen LogP contribution in [-0.2, 0) is 0 Å². The van der Waals surface area contributed by atoms with Crippen molar-refractivity contribution < 1.29 is 4.39 Å². The molecule has 12 heavy (non-hydrogen) atoms. The maximum Gasteiger partial charge on any atom is 0.125 e. The van der Waals surface area contributed by atoms with Crippen LogP contribution in [0.15, 0.2) is 18.2 Å². The third-order valence-electron chi connectivity index (χ3n) is 2.27. The first-order chi connectivity index (χ1) is 5.77. The van der Waals surface area contributed by atoms with Gasteiger partial charge in [0.15, 0.2) is 0 Å². The van der Waals surface area contributed by atoms with E-state index in [-0.39, 0.29) is 5.82 Å². The van der Waals surface area contributed by atoms with E-state index in [1.165, 1.54) is 12.1 Å². The van der Waals surface area contributed by atoms with E-state index >= 15 is 0 Å². The highest BCUT2D eigenvalue weighted by molar-refractivity contribution is 5.49. The van der Waals surface area contributed by atoms with Crippen molar-refractivity contribution in [1.29, 1.82) is 0 Å². The molecule has 0 aromatic heterocycles. The number of nitrogen functional groups attached to an aromatic ring is 1. The molecule has 1 aromatic rings. The van der Waals surface area contributed by atoms with Gasteiger partial charge >= 0.3 is 0 Å². The van der Waals surface area contributed by atoms with Gasteiger partial charge in [0, 0.05) is 24.7 Å². The van der Waals surface area contributed by atoms with Crippen LogP contribution in [0.5, 0.6) is 0 Å². The Balaban J connectivity index is 2.31. The van der Waals surface area contributed by atoms with Crippen LogP contribution in [0.25, 0.3) is 0 Å². The molecule has 1 aliphatic heterocycles. The summed E-state index contributed by atoms with van der Waals surface area (Å²) in [5.41, 5.74) is 7.30. The van der Waals surface area contributed by atoms with Crippen LogP contribution < -0.4 is 11.1 Å². The van der Waals surface area contributed by atoms with Gasteiger partial charge in [0.1, 0.15) is 5.82 Å². The zero-order chi connectivity index (χ0) is 8.55. The van der Waals surface area contributed by atoms with Crippen molar-refractivity contribution in [3.05, 3.63) is 29.6 Å². The van der Waals surface area contributed by atoms with Crippen LogP contribution in [0.2, 0.25) is 0 Å². The minimum absolute atomic E-state index is 0.261. The Morgan fingerprint density at radius 2 is 2.17 bits per heavy atom. The van der Waals surface area contributed by atoms with E-state index in [4.69, 9.17) is 5.73 Å². The molecule has 0 spiro atoms. The first-order valence-corrected chi connectivity index (χ1v) is 4.03. The smallest absolute Gasteiger partial charge is 0.125 e. The third-order valence-corrected chi connectivity index (χ3v) is 2.27. The van der Waals surface area contributed by atoms with Crippen molar-refractivity contribution in [1.82, 2.24) is 5.32 Å². The minimum Gasteiger partial charge on any atom is -0.398 e. The van der Waals surface area contributed by atoms with Gasteiger partial charge in [-0.05, 0) is 17.7 Å². The summed E-state index contributed by atoms with van der Waals surface area (Å²) in [4.78, 5) is 0. The summed E-state index contributed by atoms with van der Waals surface area (Å²) in [6, 6.07) is 4.62. The fourth-order valence-electron chi connectivity index (χ4n) is 1.43. The summed E-state index contributed by atoms with van der Waals surface area (Å²) < 4.78 is 12.6. The molecule has 1 saturated heterocycles. The molecule has 0 amide bonds. The fourth-order valence-corrected chi connectivity index (χ4v) is 1.43. The number of nitrogens with two attached hydrogens (primary N) is 1. The zero-order valence-electron chi connectivity index (χ0n) is 6.68. The first kappa shape index (κ1) is 7.55. The highest BCUT2D eigenvalue weighted by Crippen LogP contribution is 2.25. The lowest BCUT2D eigenvalue weighted by Crippen LogP contribution is -2.40. The molecule has 1 fully saturated rings. The lowest BCUT2D eigenvalue weighted by atomic mass is 9.92. The van der Waals surface area contributed by atoms with Crippen molar-refractivity contribution in [3.8, 4) is 0 Å². The Morgan fingerprint density at radius 3 is 2.67 bits per heavy atom. The molecule has 64 valence electrons. The SMILES string of the molecule is Nc1cc(F)ccc1C1CNC1. The van der Waals surface area contributed by atoms with Crippen molar-refractivity contribution in [2.45, 2.75) is 5.92 Å². The Morgan fingerprint density at radius 1 is 1.42 bits per heavy atom. The van der Waals surface area contributed by atoms with Crippen LogP contribution in [-0.4, -0.2) is 13.1 Å². The van der Waals surface area contributed by atoms with Gasteiger partial charge in [0.2, 0.25) is 0 Å². The number of rotatable bonds is 1. The van der Waals surface area contributed by atoms with Gasteiger partial charge in [-0.25, -0.2) is 4.39 Å². The molecule has 1 aromatic carbocycles. The maximum atomic E-state index is 12.6. The van der Waals surface area contributed by atoms with Gasteiger partial charge in [-0.2, -0.15) is 0 Å². The molecule has 3 N–H and O–H groups in total. The van der Waals surface area contributed by atoms with Gasteiger partial charge in [-0.15, -0.1) is 0 Å². The molecule has 0 unspecified atom stereocenters. The predicted molar refractivity (Wildman–Crippen MR) is 46.4 cm³/mol. The van der Waals surface area contributed by atoms with E-state index in [2.05, 4.69) is 5.32 Å². The van der Waals surface area contributed by atoms with Crippen molar-refractivity contribution in [2.24, 2.45) is 0 Å². The van der Waals surface area contributed by atoms with E-state index < -0.39 is 0 Å². The second kappa shape index (κ2) is 2.75. The molecule has 1 heterocycles. The summed E-state index contributed by atoms with van der Waals surface area (Å²) in [7, 11) is 0. The molecule has 2 rings (SSSR count). The second-order valence-corrected chi connectivity index (χ2v) is 3.13. The molecule has 2 nitrogen and oxygen atoms in total. The molecular formula is C9H11FN2. The predicted octanol–water partition coefficient (Wildman–Crippen LogP) is 1.09. The van der Waals surface area contributed by atoms with Gasteiger partial charge in [-0.3, -0.25) is 0 Å². The Kier molecular flexibility index (Phi) is 1.73. The highest BCUT2D eigenvalue weighted by Gasteiger charge is 2.20. The summed E-state index contributed by atoms with van der Waals surface area (Å²) in [5.74, 6) is 0.217. The Bertz CT molecular complexity index is 295. The molecule has 0 radical (unpaired) electrons. The summed E-state index contributed by atoms with van der Waals surface area (Å²) in [6.45, 7) is 1.91. The van der Waals surface area contributed by atoms with E-state index in [1.807, 2.05) is 0 Å². The number of hydrogen-bond donors (Lipinski definition) is 2. The molecule has 0 aliphatic carbocycles. The first-order valence-electron chi connectivity index (χ1n) is 4.03. The van der Waals surface area contributed by atoms with Crippen LogP contribution in [0, 0.1) is 5.82 Å². The average molecular weight is 166 g/mol. The van der Waals surface area contributed by atoms with Crippen LogP contribution in [0.4, 0.5) is 10.1 Å². The standard InChI is InChI=1S/C9H11FN2/c10-7-1-2-8(9(11)3-7)6-4-12-5-6/h1-3,6,12H,4-5,11H2. The topological polar surface area (TPSA) is 38.0 Å². The van der Waals surface area contributed by atoms with Gasteiger partial charge < -0.3 is 11.1 Å². The number of halogens is 1. The van der Waals surface area contributed by atoms with Crippen LogP contribution in [0.3, 0.4) is 0 Å². The van der Waals surface area contributed by atoms with Crippen LogP contribution in [0.1, 0.15) is 11.5 Å². The fraction of sp³-hybridized carbons (Fsp3) is 0.333. The highest BCUT2D eigenvalue weighted by atomic mass is 19.1. The third kappa shape index (κ3) is 1.16. The normalized spacial score (nSPS) is 17.4. The number of nitrogens with one attached hydrogen (secondary N) is 1. The summed E-state index contributed by atoms with van der Waals surface area (Å²) in [5, 5.41) is 3.15. The Hall–Kier alpha value is -1.09. The monoisotopic (exact) mass is 166 g/mol. The van der Waals surface area contributed by atoms with Gasteiger partial charge in [-0.1, -0.05) is 6.07 Å². The lowest BCUT2D eigenvalue weighted by Gasteiger charge is -2.28. The van der Waals surface area contributed by atoms with Gasteiger partial charge in [0.05, 0.1) is 0 Å². The van der Waals surface area contributed by atoms with Gasteiger partial charge in [0.25, 0.3) is 0 Å². The molecule has 1 aliphatic rings. The summed E-state index contributed by atoms with van der Waals surface area (Å²) in [6.07, 6.45) is 0. The maximum absolute atomic E-state index is 12.6. The number of hydrogen-bond acceptors (Lipinski definition) is 2. The minimum atomic E-state index is -0.261. The quantitative estimate of drug-likeness (QED) is 0.613. The van der Waals surface area contributed by atoms with Crippen molar-refractivity contribution in [3.63, 3.8) is 0 Å². The molecule has 0 atom stereocenters. The summed E-state index contributed by atoms with van der Waals surface area (Å²) >= 11 is 0. The molecule has 0 saturated carbocycles. The Labute approximate surface area is 70.6 Å². The van der Waals surface area contributed by atoms with E-state index in [0.717, 1.165) is 18.7 Å². The average Bonchev–Trinajstić information content (AvgIpc) is 1.91. The number of benzene rings is 1. The number of anilines is 1.